The third kappa shape index (κ3) is 2.72. The van der Waals surface area contributed by atoms with Gasteiger partial charge in [0.05, 0.1) is 0 Å². The molecule has 3 rings (SSSR count). The maximum absolute atomic E-state index is 13.6. The maximum Gasteiger partial charge on any atom is 0.336 e. The Morgan fingerprint density at radius 3 is 2.59 bits per heavy atom. The number of aryl methyl sites for hydroxylation is 2. The first kappa shape index (κ1) is 14.3. The molecule has 3 aromatic rings. The lowest BCUT2D eigenvalue weighted by Gasteiger charge is -2.10. The summed E-state index contributed by atoms with van der Waals surface area (Å²) in [5.41, 5.74) is 2.89. The van der Waals surface area contributed by atoms with E-state index in [0.29, 0.717) is 11.1 Å². The van der Waals surface area contributed by atoms with Crippen LogP contribution in [0.2, 0.25) is 0 Å². The van der Waals surface area contributed by atoms with E-state index in [4.69, 9.17) is 9.15 Å². The molecule has 0 aliphatic rings. The Hall–Kier alpha value is -2.62. The second-order valence-electron chi connectivity index (χ2n) is 5.24. The molecular weight excluding hydrogens is 283 g/mol. The van der Waals surface area contributed by atoms with Crippen molar-refractivity contribution in [2.24, 2.45) is 0 Å². The van der Waals surface area contributed by atoms with Crippen molar-refractivity contribution in [3.8, 4) is 5.75 Å². The molecule has 4 heteroatoms. The summed E-state index contributed by atoms with van der Waals surface area (Å²) in [6.07, 6.45) is 0. The fourth-order valence-electron chi connectivity index (χ4n) is 2.32. The van der Waals surface area contributed by atoms with Gasteiger partial charge in [-0.2, -0.15) is 0 Å². The van der Waals surface area contributed by atoms with Crippen LogP contribution in [0.1, 0.15) is 16.7 Å². The van der Waals surface area contributed by atoms with E-state index in [2.05, 4.69) is 0 Å². The Bertz CT molecular complexity index is 896. The number of benzene rings is 2. The molecule has 0 bridgehead atoms. The van der Waals surface area contributed by atoms with Crippen molar-refractivity contribution in [3.05, 3.63) is 75.4 Å². The van der Waals surface area contributed by atoms with E-state index >= 15 is 0 Å². The zero-order chi connectivity index (χ0) is 15.7. The van der Waals surface area contributed by atoms with Gasteiger partial charge in [-0.25, -0.2) is 9.18 Å². The number of fused-ring (bicyclic) bond motifs is 1. The first-order chi connectivity index (χ1) is 10.5. The van der Waals surface area contributed by atoms with Crippen LogP contribution in [-0.2, 0) is 6.61 Å². The molecular formula is C18H15FO3. The molecule has 0 radical (unpaired) electrons. The molecule has 0 aliphatic carbocycles. The van der Waals surface area contributed by atoms with Gasteiger partial charge < -0.3 is 9.15 Å². The van der Waals surface area contributed by atoms with Crippen molar-refractivity contribution in [2.75, 3.05) is 0 Å². The topological polar surface area (TPSA) is 39.4 Å². The molecule has 0 atom stereocenters. The molecule has 1 aromatic heterocycles. The van der Waals surface area contributed by atoms with Crippen LogP contribution in [-0.4, -0.2) is 0 Å². The third-order valence-corrected chi connectivity index (χ3v) is 3.66. The molecule has 0 fully saturated rings. The van der Waals surface area contributed by atoms with Crippen molar-refractivity contribution >= 4 is 11.0 Å². The predicted molar refractivity (Wildman–Crippen MR) is 82.7 cm³/mol. The van der Waals surface area contributed by atoms with Gasteiger partial charge in [0.1, 0.15) is 12.2 Å². The van der Waals surface area contributed by atoms with E-state index < -0.39 is 11.4 Å². The number of ether oxygens (including phenoxy) is 1. The van der Waals surface area contributed by atoms with Crippen LogP contribution in [0.4, 0.5) is 4.39 Å². The molecule has 0 unspecified atom stereocenters. The van der Waals surface area contributed by atoms with Gasteiger partial charge in [0.25, 0.3) is 0 Å². The highest BCUT2D eigenvalue weighted by Crippen LogP contribution is 2.23. The predicted octanol–water partition coefficient (Wildman–Crippen LogP) is 4.13. The summed E-state index contributed by atoms with van der Waals surface area (Å²) < 4.78 is 24.3. The molecule has 0 amide bonds. The molecule has 3 nitrogen and oxygen atoms in total. The van der Waals surface area contributed by atoms with E-state index in [1.54, 1.807) is 18.2 Å². The van der Waals surface area contributed by atoms with Crippen LogP contribution in [0.5, 0.6) is 5.75 Å². The van der Waals surface area contributed by atoms with Crippen LogP contribution in [0.25, 0.3) is 11.0 Å². The molecule has 0 spiro atoms. The number of halogens is 1. The van der Waals surface area contributed by atoms with Crippen LogP contribution in [0.3, 0.4) is 0 Å². The second kappa shape index (κ2) is 5.64. The van der Waals surface area contributed by atoms with Crippen molar-refractivity contribution in [3.63, 3.8) is 0 Å². The minimum absolute atomic E-state index is 0.103. The summed E-state index contributed by atoms with van der Waals surface area (Å²) in [7, 11) is 0. The van der Waals surface area contributed by atoms with Gasteiger partial charge in [0.2, 0.25) is 0 Å². The number of hydrogen-bond donors (Lipinski definition) is 0. The fraction of sp³-hybridized carbons (Fsp3) is 0.167. The Morgan fingerprint density at radius 1 is 1.09 bits per heavy atom. The molecule has 0 N–H and O–H groups in total. The smallest absolute Gasteiger partial charge is 0.336 e. The Labute approximate surface area is 127 Å². The average Bonchev–Trinajstić information content (AvgIpc) is 2.48. The molecule has 2 aromatic carbocycles. The molecule has 22 heavy (non-hydrogen) atoms. The summed E-state index contributed by atoms with van der Waals surface area (Å²) in [4.78, 5) is 11.7. The number of rotatable bonds is 3. The summed E-state index contributed by atoms with van der Waals surface area (Å²) in [5.74, 6) is -0.269. The van der Waals surface area contributed by atoms with Gasteiger partial charge in [-0.3, -0.25) is 0 Å². The van der Waals surface area contributed by atoms with Gasteiger partial charge in [-0.1, -0.05) is 12.1 Å². The minimum Gasteiger partial charge on any atom is -0.486 e. The Morgan fingerprint density at radius 2 is 1.82 bits per heavy atom. The van der Waals surface area contributed by atoms with Crippen molar-refractivity contribution in [1.29, 1.82) is 0 Å². The highest BCUT2D eigenvalue weighted by molar-refractivity contribution is 5.81. The zero-order valence-corrected chi connectivity index (χ0v) is 12.4. The van der Waals surface area contributed by atoms with Crippen molar-refractivity contribution in [1.82, 2.24) is 0 Å². The monoisotopic (exact) mass is 298 g/mol. The number of hydrogen-bond acceptors (Lipinski definition) is 3. The van der Waals surface area contributed by atoms with Crippen LogP contribution in [0, 0.1) is 19.7 Å². The normalized spacial score (nSPS) is 10.9. The largest absolute Gasteiger partial charge is 0.486 e. The fourth-order valence-corrected chi connectivity index (χ4v) is 2.32. The molecule has 112 valence electrons. The Balaban J connectivity index is 2.01. The average molecular weight is 298 g/mol. The SMILES string of the molecule is Cc1cc2oc(=O)cc(COc3ccccc3F)c2cc1C. The number of para-hydroxylation sites is 1. The summed E-state index contributed by atoms with van der Waals surface area (Å²) >= 11 is 0. The highest BCUT2D eigenvalue weighted by atomic mass is 19.1. The lowest BCUT2D eigenvalue weighted by Crippen LogP contribution is -2.05. The lowest BCUT2D eigenvalue weighted by atomic mass is 10.0. The molecule has 0 saturated heterocycles. The van der Waals surface area contributed by atoms with Crippen LogP contribution >= 0.6 is 0 Å². The van der Waals surface area contributed by atoms with Gasteiger partial charge in [0, 0.05) is 17.0 Å². The van der Waals surface area contributed by atoms with E-state index in [1.807, 2.05) is 26.0 Å². The van der Waals surface area contributed by atoms with Crippen LogP contribution in [0.15, 0.2) is 51.7 Å². The maximum atomic E-state index is 13.6. The van der Waals surface area contributed by atoms with Crippen molar-refractivity contribution in [2.45, 2.75) is 20.5 Å². The molecule has 1 heterocycles. The first-order valence-electron chi connectivity index (χ1n) is 6.96. The zero-order valence-electron chi connectivity index (χ0n) is 12.4. The lowest BCUT2D eigenvalue weighted by molar-refractivity contribution is 0.291. The summed E-state index contributed by atoms with van der Waals surface area (Å²) in [5, 5.41) is 0.805. The second-order valence-corrected chi connectivity index (χ2v) is 5.24. The standard InChI is InChI=1S/C18H15FO3/c1-11-7-14-13(9-18(20)22-17(14)8-12(11)2)10-21-16-6-4-3-5-15(16)19/h3-9H,10H2,1-2H3. The van der Waals surface area contributed by atoms with Gasteiger partial charge in [0.15, 0.2) is 11.6 Å². The van der Waals surface area contributed by atoms with Gasteiger partial charge in [-0.05, 0) is 49.2 Å². The Kier molecular flexibility index (Phi) is 3.67. The van der Waals surface area contributed by atoms with E-state index in [9.17, 15) is 9.18 Å². The summed E-state index contributed by atoms with van der Waals surface area (Å²) in [6.45, 7) is 4.05. The van der Waals surface area contributed by atoms with E-state index in [-0.39, 0.29) is 12.4 Å². The minimum atomic E-state index is -0.442. The summed E-state index contributed by atoms with van der Waals surface area (Å²) in [6, 6.07) is 11.4. The third-order valence-electron chi connectivity index (χ3n) is 3.66. The quantitative estimate of drug-likeness (QED) is 0.683. The first-order valence-corrected chi connectivity index (χ1v) is 6.96. The van der Waals surface area contributed by atoms with Crippen molar-refractivity contribution < 1.29 is 13.5 Å². The van der Waals surface area contributed by atoms with Crippen LogP contribution < -0.4 is 10.4 Å². The van der Waals surface area contributed by atoms with Gasteiger partial charge in [-0.15, -0.1) is 0 Å². The highest BCUT2D eigenvalue weighted by Gasteiger charge is 2.09. The molecule has 0 aliphatic heterocycles. The van der Waals surface area contributed by atoms with E-state index in [0.717, 1.165) is 16.5 Å². The van der Waals surface area contributed by atoms with E-state index in [1.165, 1.54) is 12.1 Å². The van der Waals surface area contributed by atoms with Gasteiger partial charge >= 0.3 is 5.63 Å². The molecule has 0 saturated carbocycles.